The normalized spacial score (nSPS) is 12.1. The van der Waals surface area contributed by atoms with Gasteiger partial charge in [0.2, 0.25) is 0 Å². The molecule has 2 nitrogen and oxygen atoms in total. The van der Waals surface area contributed by atoms with Crippen molar-refractivity contribution in [3.05, 3.63) is 127 Å². The Hall–Kier alpha value is -4.86. The van der Waals surface area contributed by atoms with Gasteiger partial charge in [0, 0.05) is 47.4 Å². The monoisotopic (exact) mass is 515 g/mol. The molecule has 0 unspecified atom stereocenters. The van der Waals surface area contributed by atoms with E-state index in [0.29, 0.717) is 0 Å². The van der Waals surface area contributed by atoms with E-state index >= 15 is 0 Å². The molecule has 0 amide bonds. The number of thiophene rings is 1. The number of rotatable bonds is 2. The minimum Gasteiger partial charge on any atom is -0.455 e. The van der Waals surface area contributed by atoms with Gasteiger partial charge in [-0.15, -0.1) is 11.3 Å². The number of aromatic nitrogens is 1. The summed E-state index contributed by atoms with van der Waals surface area (Å²) in [6, 6.07) is 45.8. The highest BCUT2D eigenvalue weighted by atomic mass is 32.1. The molecule has 0 bridgehead atoms. The van der Waals surface area contributed by atoms with E-state index < -0.39 is 0 Å². The van der Waals surface area contributed by atoms with Crippen molar-refractivity contribution in [1.29, 1.82) is 0 Å². The molecule has 3 heterocycles. The highest BCUT2D eigenvalue weighted by Gasteiger charge is 2.18. The van der Waals surface area contributed by atoms with Gasteiger partial charge in [-0.3, -0.25) is 0 Å². The summed E-state index contributed by atoms with van der Waals surface area (Å²) in [5, 5.41) is 7.39. The van der Waals surface area contributed by atoms with Gasteiger partial charge in [-0.25, -0.2) is 0 Å². The minimum atomic E-state index is 0.937. The third-order valence-corrected chi connectivity index (χ3v) is 9.14. The lowest BCUT2D eigenvalue weighted by atomic mass is 9.98. The number of furan rings is 1. The Balaban J connectivity index is 1.28. The van der Waals surface area contributed by atoms with Gasteiger partial charge in [0.25, 0.3) is 0 Å². The molecule has 0 N–H and O–H groups in total. The van der Waals surface area contributed by atoms with Crippen LogP contribution in [0, 0.1) is 0 Å². The van der Waals surface area contributed by atoms with Crippen LogP contribution in [0.1, 0.15) is 0 Å². The molecule has 6 aromatic carbocycles. The van der Waals surface area contributed by atoms with Crippen LogP contribution in [0.4, 0.5) is 0 Å². The Bertz CT molecular complexity index is 2330. The van der Waals surface area contributed by atoms with Crippen molar-refractivity contribution in [2.24, 2.45) is 0 Å². The number of para-hydroxylation sites is 3. The van der Waals surface area contributed by atoms with Crippen LogP contribution in [0.15, 0.2) is 132 Å². The van der Waals surface area contributed by atoms with E-state index in [-0.39, 0.29) is 0 Å². The first-order valence-corrected chi connectivity index (χ1v) is 14.0. The first-order chi connectivity index (χ1) is 19.3. The zero-order valence-corrected chi connectivity index (χ0v) is 21.7. The Morgan fingerprint density at radius 3 is 1.92 bits per heavy atom. The molecule has 0 saturated heterocycles. The zero-order valence-electron chi connectivity index (χ0n) is 20.9. The van der Waals surface area contributed by atoms with E-state index in [4.69, 9.17) is 4.42 Å². The standard InChI is InChI=1S/C36H21NOS/c1-4-12-29-25(8-1)26-9-2-5-13-30(26)37(29)23-18-16-22(17-19-23)24-11-7-15-32-34(24)35-33(39-32)21-20-28-27-10-3-6-14-31(27)38-36(28)35/h1-21H. The maximum Gasteiger partial charge on any atom is 0.144 e. The summed E-state index contributed by atoms with van der Waals surface area (Å²) in [4.78, 5) is 0. The van der Waals surface area contributed by atoms with Crippen molar-refractivity contribution in [1.82, 2.24) is 4.57 Å². The van der Waals surface area contributed by atoms with Gasteiger partial charge < -0.3 is 8.98 Å². The van der Waals surface area contributed by atoms with Crippen molar-refractivity contribution in [3.8, 4) is 16.8 Å². The Kier molecular flexibility index (Phi) is 4.24. The fraction of sp³-hybridized carbons (Fsp3) is 0. The van der Waals surface area contributed by atoms with Gasteiger partial charge in [0.1, 0.15) is 11.2 Å². The largest absolute Gasteiger partial charge is 0.455 e. The molecule has 0 aliphatic heterocycles. The maximum absolute atomic E-state index is 6.48. The van der Waals surface area contributed by atoms with Gasteiger partial charge in [-0.1, -0.05) is 78.9 Å². The molecule has 0 radical (unpaired) electrons. The van der Waals surface area contributed by atoms with Crippen molar-refractivity contribution in [2.75, 3.05) is 0 Å². The summed E-state index contributed by atoms with van der Waals surface area (Å²) < 4.78 is 11.4. The summed E-state index contributed by atoms with van der Waals surface area (Å²) in [5.41, 5.74) is 7.98. The average Bonchev–Trinajstić information content (AvgIpc) is 3.66. The first kappa shape index (κ1) is 21.1. The van der Waals surface area contributed by atoms with E-state index in [0.717, 1.165) is 16.9 Å². The number of fused-ring (bicyclic) bond motifs is 10. The lowest BCUT2D eigenvalue weighted by molar-refractivity contribution is 0.673. The Morgan fingerprint density at radius 2 is 1.15 bits per heavy atom. The zero-order chi connectivity index (χ0) is 25.5. The molecule has 3 heteroatoms. The molecular formula is C36H21NOS. The molecule has 0 saturated carbocycles. The highest BCUT2D eigenvalue weighted by molar-refractivity contribution is 7.26. The fourth-order valence-electron chi connectivity index (χ4n) is 6.32. The predicted octanol–water partition coefficient (Wildman–Crippen LogP) is 10.7. The maximum atomic E-state index is 6.48. The number of hydrogen-bond donors (Lipinski definition) is 0. The van der Waals surface area contributed by atoms with Crippen molar-refractivity contribution >= 4 is 75.3 Å². The summed E-state index contributed by atoms with van der Waals surface area (Å²) in [5.74, 6) is 0. The van der Waals surface area contributed by atoms with E-state index in [1.165, 1.54) is 63.9 Å². The number of hydrogen-bond acceptors (Lipinski definition) is 2. The third-order valence-electron chi connectivity index (χ3n) is 8.02. The molecule has 9 aromatic rings. The molecule has 0 atom stereocenters. The highest BCUT2D eigenvalue weighted by Crippen LogP contribution is 2.45. The molecule has 0 aliphatic rings. The summed E-state index contributed by atoms with van der Waals surface area (Å²) in [6.07, 6.45) is 0. The molecule has 182 valence electrons. The van der Waals surface area contributed by atoms with Crippen LogP contribution < -0.4 is 0 Å². The molecule has 3 aromatic heterocycles. The van der Waals surface area contributed by atoms with Crippen molar-refractivity contribution < 1.29 is 4.42 Å². The summed E-state index contributed by atoms with van der Waals surface area (Å²) in [6.45, 7) is 0. The first-order valence-electron chi connectivity index (χ1n) is 13.2. The molecule has 9 rings (SSSR count). The molecule has 0 fully saturated rings. The minimum absolute atomic E-state index is 0.937. The lowest BCUT2D eigenvalue weighted by Crippen LogP contribution is -1.93. The van der Waals surface area contributed by atoms with Crippen LogP contribution in [0.2, 0.25) is 0 Å². The van der Waals surface area contributed by atoms with Gasteiger partial charge in [0.05, 0.1) is 11.0 Å². The van der Waals surface area contributed by atoms with Crippen molar-refractivity contribution in [2.45, 2.75) is 0 Å². The quantitative estimate of drug-likeness (QED) is 0.224. The third kappa shape index (κ3) is 2.91. The van der Waals surface area contributed by atoms with E-state index in [1.54, 1.807) is 0 Å². The number of nitrogens with zero attached hydrogens (tertiary/aromatic N) is 1. The van der Waals surface area contributed by atoms with Gasteiger partial charge in [-0.2, -0.15) is 0 Å². The number of benzene rings is 6. The SMILES string of the molecule is c1ccc2c(c1)oc1c2ccc2sc3cccc(-c4ccc(-n5c6ccccc6c6ccccc65)cc4)c3c21. The predicted molar refractivity (Wildman–Crippen MR) is 166 cm³/mol. The Labute approximate surface area is 227 Å². The second-order valence-corrected chi connectivity index (χ2v) is 11.2. The Morgan fingerprint density at radius 1 is 0.487 bits per heavy atom. The van der Waals surface area contributed by atoms with Gasteiger partial charge >= 0.3 is 0 Å². The summed E-state index contributed by atoms with van der Waals surface area (Å²) >= 11 is 1.84. The molecule has 0 aliphatic carbocycles. The van der Waals surface area contributed by atoms with Crippen LogP contribution in [0.3, 0.4) is 0 Å². The van der Waals surface area contributed by atoms with E-state index in [2.05, 4.69) is 126 Å². The second kappa shape index (κ2) is 7.83. The molecule has 0 spiro atoms. The second-order valence-electron chi connectivity index (χ2n) is 10.1. The average molecular weight is 516 g/mol. The van der Waals surface area contributed by atoms with Crippen molar-refractivity contribution in [3.63, 3.8) is 0 Å². The smallest absolute Gasteiger partial charge is 0.144 e. The van der Waals surface area contributed by atoms with Gasteiger partial charge in [-0.05, 0) is 59.7 Å². The van der Waals surface area contributed by atoms with Crippen LogP contribution in [0.25, 0.3) is 80.7 Å². The van der Waals surface area contributed by atoms with Crippen LogP contribution in [-0.2, 0) is 0 Å². The van der Waals surface area contributed by atoms with Crippen LogP contribution >= 0.6 is 11.3 Å². The topological polar surface area (TPSA) is 18.1 Å². The molecular weight excluding hydrogens is 494 g/mol. The summed E-state index contributed by atoms with van der Waals surface area (Å²) in [7, 11) is 0. The lowest BCUT2D eigenvalue weighted by Gasteiger charge is -2.10. The van der Waals surface area contributed by atoms with Crippen LogP contribution in [-0.4, -0.2) is 4.57 Å². The van der Waals surface area contributed by atoms with Crippen LogP contribution in [0.5, 0.6) is 0 Å². The fourth-order valence-corrected chi connectivity index (χ4v) is 7.45. The van der Waals surface area contributed by atoms with E-state index in [9.17, 15) is 0 Å². The van der Waals surface area contributed by atoms with Gasteiger partial charge in [0.15, 0.2) is 0 Å². The molecule has 39 heavy (non-hydrogen) atoms. The van der Waals surface area contributed by atoms with E-state index in [1.807, 2.05) is 17.4 Å².